The largest absolute Gasteiger partial charge is 0.390 e. The van der Waals surface area contributed by atoms with Gasteiger partial charge in [-0.25, -0.2) is 9.78 Å². The van der Waals surface area contributed by atoms with Crippen LogP contribution in [0.15, 0.2) is 42.6 Å². The number of urea groups is 1. The van der Waals surface area contributed by atoms with Gasteiger partial charge in [0.2, 0.25) is 0 Å². The normalized spacial score (nSPS) is 19.9. The highest BCUT2D eigenvalue weighted by Gasteiger charge is 2.31. The number of carbonyl (C=O) groups is 1. The van der Waals surface area contributed by atoms with Gasteiger partial charge in [0.25, 0.3) is 0 Å². The number of aromatic nitrogens is 1. The Kier molecular flexibility index (Phi) is 3.77. The second-order valence-corrected chi connectivity index (χ2v) is 5.30. The Balaban J connectivity index is 1.70. The second kappa shape index (κ2) is 5.71. The van der Waals surface area contributed by atoms with Crippen LogP contribution in [0.3, 0.4) is 0 Å². The molecule has 0 fully saturated rings. The number of pyridine rings is 1. The van der Waals surface area contributed by atoms with Crippen LogP contribution in [0, 0.1) is 0 Å². The highest BCUT2D eigenvalue weighted by Crippen LogP contribution is 2.31. The van der Waals surface area contributed by atoms with Crippen LogP contribution in [-0.2, 0) is 6.42 Å². The number of nitrogens with one attached hydrogen (secondary N) is 2. The number of fused-ring (bicyclic) bond motifs is 1. The van der Waals surface area contributed by atoms with Crippen molar-refractivity contribution in [2.45, 2.75) is 18.6 Å². The molecule has 1 aromatic carbocycles. The third kappa shape index (κ3) is 2.99. The monoisotopic (exact) mass is 303 g/mol. The van der Waals surface area contributed by atoms with Crippen molar-refractivity contribution in [3.05, 3.63) is 58.9 Å². The summed E-state index contributed by atoms with van der Waals surface area (Å²) in [6.07, 6.45) is 1.44. The Bertz CT molecular complexity index is 677. The summed E-state index contributed by atoms with van der Waals surface area (Å²) < 4.78 is 0. The fourth-order valence-electron chi connectivity index (χ4n) is 2.54. The fourth-order valence-corrected chi connectivity index (χ4v) is 2.71. The van der Waals surface area contributed by atoms with Crippen LogP contribution >= 0.6 is 11.6 Å². The first-order valence-electron chi connectivity index (χ1n) is 6.58. The van der Waals surface area contributed by atoms with Crippen molar-refractivity contribution < 1.29 is 9.90 Å². The Hall–Kier alpha value is -2.11. The summed E-state index contributed by atoms with van der Waals surface area (Å²) in [5.41, 5.74) is 2.56. The number of carbonyl (C=O) groups excluding carboxylic acids is 1. The zero-order valence-electron chi connectivity index (χ0n) is 11.1. The minimum atomic E-state index is -0.617. The smallest absolute Gasteiger partial charge is 0.319 e. The molecule has 0 spiro atoms. The zero-order valence-corrected chi connectivity index (χ0v) is 11.8. The molecule has 2 atom stereocenters. The molecule has 2 amide bonds. The van der Waals surface area contributed by atoms with Gasteiger partial charge in [0, 0.05) is 18.3 Å². The van der Waals surface area contributed by atoms with Crippen LogP contribution in [0.4, 0.5) is 10.5 Å². The van der Waals surface area contributed by atoms with Crippen molar-refractivity contribution in [3.8, 4) is 0 Å². The summed E-state index contributed by atoms with van der Waals surface area (Å²) >= 11 is 5.77. The molecule has 0 aliphatic heterocycles. The number of rotatable bonds is 2. The van der Waals surface area contributed by atoms with E-state index in [9.17, 15) is 9.90 Å². The molecule has 3 N–H and O–H groups in total. The van der Waals surface area contributed by atoms with Crippen LogP contribution in [0.2, 0.25) is 5.15 Å². The summed E-state index contributed by atoms with van der Waals surface area (Å²) in [5.74, 6) is 0. The predicted octanol–water partition coefficient (Wildman–Crippen LogP) is 2.51. The Morgan fingerprint density at radius 1 is 1.33 bits per heavy atom. The van der Waals surface area contributed by atoms with Crippen molar-refractivity contribution in [1.82, 2.24) is 10.3 Å². The highest BCUT2D eigenvalue weighted by molar-refractivity contribution is 6.29. The van der Waals surface area contributed by atoms with Gasteiger partial charge in [-0.05, 0) is 23.3 Å². The average Bonchev–Trinajstić information content (AvgIpc) is 2.75. The molecule has 1 heterocycles. The maximum Gasteiger partial charge on any atom is 0.319 e. The van der Waals surface area contributed by atoms with Gasteiger partial charge < -0.3 is 15.7 Å². The van der Waals surface area contributed by atoms with Gasteiger partial charge >= 0.3 is 6.03 Å². The molecule has 21 heavy (non-hydrogen) atoms. The van der Waals surface area contributed by atoms with E-state index < -0.39 is 18.2 Å². The molecule has 0 unspecified atom stereocenters. The molecule has 0 saturated carbocycles. The maximum absolute atomic E-state index is 12.0. The summed E-state index contributed by atoms with van der Waals surface area (Å²) in [7, 11) is 0. The number of aliphatic hydroxyl groups excluding tert-OH is 1. The van der Waals surface area contributed by atoms with E-state index >= 15 is 0 Å². The number of hydrogen-bond donors (Lipinski definition) is 3. The molecule has 5 nitrogen and oxygen atoms in total. The molecule has 3 rings (SSSR count). The van der Waals surface area contributed by atoms with Crippen molar-refractivity contribution in [1.29, 1.82) is 0 Å². The van der Waals surface area contributed by atoms with Crippen molar-refractivity contribution in [2.75, 3.05) is 5.32 Å². The van der Waals surface area contributed by atoms with Crippen LogP contribution in [0.5, 0.6) is 0 Å². The number of amides is 2. The Labute approximate surface area is 127 Å². The minimum absolute atomic E-state index is 0.305. The van der Waals surface area contributed by atoms with Gasteiger partial charge in [-0.2, -0.15) is 0 Å². The van der Waals surface area contributed by atoms with E-state index in [4.69, 9.17) is 11.6 Å². The third-order valence-electron chi connectivity index (χ3n) is 3.48. The van der Waals surface area contributed by atoms with Gasteiger partial charge in [0.15, 0.2) is 0 Å². The SMILES string of the molecule is O=C(Nc1ccnc(Cl)c1)N[C@@H]1c2ccccc2C[C@@H]1O. The van der Waals surface area contributed by atoms with E-state index in [0.29, 0.717) is 17.3 Å². The number of aliphatic hydroxyl groups is 1. The number of anilines is 1. The van der Waals surface area contributed by atoms with Crippen LogP contribution in [-0.4, -0.2) is 22.2 Å². The van der Waals surface area contributed by atoms with Gasteiger partial charge in [0.05, 0.1) is 12.1 Å². The van der Waals surface area contributed by atoms with E-state index in [1.807, 2.05) is 24.3 Å². The molecular formula is C15H14ClN3O2. The lowest BCUT2D eigenvalue weighted by Crippen LogP contribution is -2.36. The van der Waals surface area contributed by atoms with Crippen molar-refractivity contribution in [3.63, 3.8) is 0 Å². The predicted molar refractivity (Wildman–Crippen MR) is 80.3 cm³/mol. The number of hydrogen-bond acceptors (Lipinski definition) is 3. The molecular weight excluding hydrogens is 290 g/mol. The lowest BCUT2D eigenvalue weighted by Gasteiger charge is -2.18. The summed E-state index contributed by atoms with van der Waals surface area (Å²) in [6.45, 7) is 0. The molecule has 108 valence electrons. The average molecular weight is 304 g/mol. The molecule has 1 aliphatic carbocycles. The molecule has 0 bridgehead atoms. The number of benzene rings is 1. The summed E-state index contributed by atoms with van der Waals surface area (Å²) in [4.78, 5) is 15.9. The maximum atomic E-state index is 12.0. The molecule has 0 saturated heterocycles. The van der Waals surface area contributed by atoms with Gasteiger partial charge in [-0.3, -0.25) is 0 Å². The lowest BCUT2D eigenvalue weighted by atomic mass is 10.1. The Morgan fingerprint density at radius 3 is 2.95 bits per heavy atom. The van der Waals surface area contributed by atoms with Gasteiger partial charge in [0.1, 0.15) is 5.15 Å². The molecule has 1 aliphatic rings. The zero-order chi connectivity index (χ0) is 14.8. The minimum Gasteiger partial charge on any atom is -0.390 e. The van der Waals surface area contributed by atoms with Crippen molar-refractivity contribution in [2.24, 2.45) is 0 Å². The first kappa shape index (κ1) is 13.9. The van der Waals surface area contributed by atoms with Crippen LogP contribution in [0.1, 0.15) is 17.2 Å². The topological polar surface area (TPSA) is 74.2 Å². The van der Waals surface area contributed by atoms with Gasteiger partial charge in [-0.15, -0.1) is 0 Å². The van der Waals surface area contributed by atoms with Gasteiger partial charge in [-0.1, -0.05) is 35.9 Å². The summed E-state index contributed by atoms with van der Waals surface area (Å²) in [6, 6.07) is 10.1. The number of nitrogens with zero attached hydrogens (tertiary/aromatic N) is 1. The fraction of sp³-hybridized carbons (Fsp3) is 0.200. The lowest BCUT2D eigenvalue weighted by molar-refractivity contribution is 0.144. The van der Waals surface area contributed by atoms with E-state index in [1.54, 1.807) is 12.1 Å². The van der Waals surface area contributed by atoms with E-state index in [0.717, 1.165) is 11.1 Å². The van der Waals surface area contributed by atoms with E-state index in [-0.39, 0.29) is 0 Å². The molecule has 6 heteroatoms. The summed E-state index contributed by atoms with van der Waals surface area (Å²) in [5, 5.41) is 15.9. The van der Waals surface area contributed by atoms with Crippen LogP contribution in [0.25, 0.3) is 0 Å². The van der Waals surface area contributed by atoms with E-state index in [2.05, 4.69) is 15.6 Å². The second-order valence-electron chi connectivity index (χ2n) is 4.91. The Morgan fingerprint density at radius 2 is 2.14 bits per heavy atom. The first-order chi connectivity index (χ1) is 10.1. The third-order valence-corrected chi connectivity index (χ3v) is 3.68. The standard InChI is InChI=1S/C15H14ClN3O2/c16-13-8-10(5-6-17-13)18-15(21)19-14-11-4-2-1-3-9(11)7-12(14)20/h1-6,8,12,14,20H,7H2,(H2,17,18,19,21)/t12-,14+/m0/s1. The van der Waals surface area contributed by atoms with E-state index in [1.165, 1.54) is 6.20 Å². The first-order valence-corrected chi connectivity index (χ1v) is 6.96. The van der Waals surface area contributed by atoms with Crippen molar-refractivity contribution >= 4 is 23.3 Å². The highest BCUT2D eigenvalue weighted by atomic mass is 35.5. The number of halogens is 1. The van der Waals surface area contributed by atoms with Crippen LogP contribution < -0.4 is 10.6 Å². The molecule has 1 aromatic heterocycles. The quantitative estimate of drug-likeness (QED) is 0.746. The molecule has 2 aromatic rings. The molecule has 0 radical (unpaired) electrons.